The summed E-state index contributed by atoms with van der Waals surface area (Å²) in [6.07, 6.45) is 1.58. The summed E-state index contributed by atoms with van der Waals surface area (Å²) in [5.41, 5.74) is 0.773. The van der Waals surface area contributed by atoms with Crippen LogP contribution in [0.4, 0.5) is 0 Å². The number of nitrogens with zero attached hydrogens (tertiary/aromatic N) is 4. The third-order valence-corrected chi connectivity index (χ3v) is 8.48. The van der Waals surface area contributed by atoms with E-state index < -0.39 is 42.4 Å². The molecule has 0 aromatic carbocycles. The molecule has 1 amide bonds. The van der Waals surface area contributed by atoms with E-state index in [1.54, 1.807) is 25.9 Å². The molecule has 0 bridgehead atoms. The highest BCUT2D eigenvalue weighted by molar-refractivity contribution is 7.66. The van der Waals surface area contributed by atoms with Crippen LogP contribution in [0.5, 0.6) is 0 Å². The summed E-state index contributed by atoms with van der Waals surface area (Å²) in [5, 5.41) is 10.4. The van der Waals surface area contributed by atoms with Crippen molar-refractivity contribution < 1.29 is 55.9 Å². The molecule has 21 heteroatoms. The van der Waals surface area contributed by atoms with E-state index in [9.17, 15) is 28.3 Å². The number of rotatable bonds is 12. The number of aryl methyl sites for hydroxylation is 1. The van der Waals surface area contributed by atoms with Crippen LogP contribution in [0, 0.1) is 17.9 Å². The van der Waals surface area contributed by atoms with Crippen molar-refractivity contribution in [3.63, 3.8) is 0 Å². The van der Waals surface area contributed by atoms with E-state index in [0.29, 0.717) is 12.8 Å². The quantitative estimate of drug-likeness (QED) is 0.0861. The first-order valence-electron chi connectivity index (χ1n) is 10.4. The number of hydrogen-bond donors (Lipinski definition) is 5. The van der Waals surface area contributed by atoms with E-state index in [1.165, 1.54) is 4.68 Å². The molecule has 1 aromatic heterocycles. The maximum atomic E-state index is 12.0. The smallest absolute Gasteiger partial charge is 0.359 e. The Morgan fingerprint density at radius 3 is 2.61 bits per heavy atom. The van der Waals surface area contributed by atoms with Gasteiger partial charge < -0.3 is 34.4 Å². The van der Waals surface area contributed by atoms with Gasteiger partial charge in [0.25, 0.3) is 0 Å². The van der Waals surface area contributed by atoms with Crippen molar-refractivity contribution in [2.24, 2.45) is 5.92 Å². The third kappa shape index (κ3) is 10.8. The van der Waals surface area contributed by atoms with Crippen LogP contribution in [0.3, 0.4) is 0 Å². The average molecular weight is 573 g/mol. The summed E-state index contributed by atoms with van der Waals surface area (Å²) in [6.45, 7) is 3.22. The van der Waals surface area contributed by atoms with Crippen molar-refractivity contribution in [2.45, 2.75) is 45.6 Å². The Kier molecular flexibility index (Phi) is 10.9. The number of aromatic nitrogens is 3. The van der Waals surface area contributed by atoms with E-state index in [0.717, 1.165) is 5.69 Å². The molecule has 36 heavy (non-hydrogen) atoms. The second-order valence-corrected chi connectivity index (χ2v) is 12.1. The van der Waals surface area contributed by atoms with Gasteiger partial charge in [-0.25, -0.2) is 18.4 Å². The van der Waals surface area contributed by atoms with Crippen molar-refractivity contribution in [3.8, 4) is 12.0 Å². The molecule has 5 N–H and O–H groups in total. The highest BCUT2D eigenvalue weighted by Gasteiger charge is 2.42. The Morgan fingerprint density at radius 2 is 2.00 bits per heavy atom. The van der Waals surface area contributed by atoms with Gasteiger partial charge in [-0.3, -0.25) is 9.32 Å². The first kappa shape index (κ1) is 30.6. The van der Waals surface area contributed by atoms with Crippen LogP contribution in [0.25, 0.3) is 0 Å². The lowest BCUT2D eigenvalue weighted by Crippen LogP contribution is -2.31. The van der Waals surface area contributed by atoms with Gasteiger partial charge in [-0.1, -0.05) is 25.0 Å². The van der Waals surface area contributed by atoms with Crippen LogP contribution in [0.15, 0.2) is 6.20 Å². The molecule has 0 spiro atoms. The van der Waals surface area contributed by atoms with Gasteiger partial charge in [0.05, 0.1) is 24.9 Å². The number of phosphoric ester groups is 1. The molecule has 1 aromatic rings. The number of hydrogen-bond acceptors (Lipinski definition) is 11. The van der Waals surface area contributed by atoms with Crippen LogP contribution in [-0.4, -0.2) is 78.8 Å². The minimum absolute atomic E-state index is 0.00501. The van der Waals surface area contributed by atoms with Crippen LogP contribution >= 0.6 is 23.5 Å². The number of carbonyl (C=O) groups is 1. The number of ether oxygens (including phenoxy) is 1. The fraction of sp³-hybridized carbons (Fsp3) is 0.667. The monoisotopic (exact) mass is 573 g/mol. The van der Waals surface area contributed by atoms with Crippen LogP contribution in [-0.2, 0) is 49.3 Å². The first-order valence-corrected chi connectivity index (χ1v) is 14.9. The minimum Gasteiger partial charge on any atom is -0.359 e. The molecule has 0 saturated carbocycles. The van der Waals surface area contributed by atoms with Crippen molar-refractivity contribution in [3.05, 3.63) is 11.9 Å². The van der Waals surface area contributed by atoms with Gasteiger partial charge in [-0.2, -0.15) is 8.62 Å². The minimum atomic E-state index is -5.59. The second kappa shape index (κ2) is 12.8. The Bertz CT molecular complexity index is 1120. The van der Waals surface area contributed by atoms with E-state index in [-0.39, 0.29) is 24.9 Å². The summed E-state index contributed by atoms with van der Waals surface area (Å²) in [5.74, 6) is 2.28. The van der Waals surface area contributed by atoms with Crippen molar-refractivity contribution in [1.82, 2.24) is 25.1 Å². The van der Waals surface area contributed by atoms with E-state index in [2.05, 4.69) is 40.7 Å². The predicted octanol–water partition coefficient (Wildman–Crippen LogP) is -1.14. The topological polar surface area (TPSA) is 232 Å². The molecule has 3 unspecified atom stereocenters. The fourth-order valence-corrected chi connectivity index (χ4v) is 5.97. The number of carbonyl (C=O) groups excluding carboxylic acids is 1. The Labute approximate surface area is 207 Å². The van der Waals surface area contributed by atoms with Gasteiger partial charge in [0.2, 0.25) is 13.9 Å². The van der Waals surface area contributed by atoms with Crippen molar-refractivity contribution >= 4 is 37.4 Å². The Morgan fingerprint density at radius 1 is 1.31 bits per heavy atom. The van der Waals surface area contributed by atoms with Gasteiger partial charge in [0.1, 0.15) is 12.8 Å². The van der Waals surface area contributed by atoms with E-state index >= 15 is 0 Å². The maximum absolute atomic E-state index is 12.0. The van der Waals surface area contributed by atoms with Gasteiger partial charge in [-0.15, -0.1) is 5.10 Å². The number of phosphoric acid groups is 3. The van der Waals surface area contributed by atoms with Crippen molar-refractivity contribution in [1.29, 1.82) is 0 Å². The van der Waals surface area contributed by atoms with Crippen molar-refractivity contribution in [2.75, 3.05) is 13.2 Å². The van der Waals surface area contributed by atoms with E-state index in [4.69, 9.17) is 14.5 Å². The molecular weight excluding hydrogens is 546 g/mol. The summed E-state index contributed by atoms with van der Waals surface area (Å²) in [6, 6.07) is 2.80. The molecule has 1 aliphatic heterocycles. The van der Waals surface area contributed by atoms with Crippen LogP contribution < -0.4 is 5.32 Å². The highest BCUT2D eigenvalue weighted by atomic mass is 31.3. The summed E-state index contributed by atoms with van der Waals surface area (Å²) >= 11 is 0. The standard InChI is InChI=1S/C15H27BN5O12P3/c1-3-12-8-20(19-18-12)9-14(22)17-5-4-6-21(16)15-7-11(2)13(31-15)10-30-35(26,27)33-36(28,29)32-34(23,24)25/h8,11,13,15H,3,5,7,9-10,16H2,1-2H3,(H,17,22)(H,26,27)(H,28,29)(H2,23,24,25)/t11?,13-,15-/m1/s1. The highest BCUT2D eigenvalue weighted by Crippen LogP contribution is 2.66. The molecule has 202 valence electrons. The lowest BCUT2D eigenvalue weighted by atomic mass is 10.0. The fourth-order valence-electron chi connectivity index (χ4n) is 2.95. The molecular formula is C15H27BN5O12P3. The zero-order chi connectivity index (χ0) is 27.1. The molecule has 2 rings (SSSR count). The summed E-state index contributed by atoms with van der Waals surface area (Å²) in [7, 11) is -14.7. The zero-order valence-electron chi connectivity index (χ0n) is 19.5. The molecule has 1 saturated heterocycles. The average Bonchev–Trinajstić information content (AvgIpc) is 3.33. The molecule has 5 atom stereocenters. The largest absolute Gasteiger partial charge is 0.490 e. The second-order valence-electron chi connectivity index (χ2n) is 7.67. The normalized spacial score (nSPS) is 23.2. The van der Waals surface area contributed by atoms with Gasteiger partial charge in [-0.05, 0) is 24.8 Å². The zero-order valence-corrected chi connectivity index (χ0v) is 22.2. The van der Waals surface area contributed by atoms with Gasteiger partial charge in [0.15, 0.2) is 0 Å². The molecule has 1 fully saturated rings. The molecule has 17 nitrogen and oxygen atoms in total. The number of amides is 1. The Hall–Kier alpha value is -1.60. The van der Waals surface area contributed by atoms with Gasteiger partial charge >= 0.3 is 23.5 Å². The molecule has 0 radical (unpaired) electrons. The van der Waals surface area contributed by atoms with E-state index in [1.807, 2.05) is 6.92 Å². The number of nitrogens with one attached hydrogen (secondary N) is 1. The molecule has 0 aliphatic carbocycles. The predicted molar refractivity (Wildman–Crippen MR) is 123 cm³/mol. The lowest BCUT2D eigenvalue weighted by molar-refractivity contribution is -0.121. The third-order valence-electron chi connectivity index (χ3n) is 4.67. The SMILES string of the molecule is BN(C#CCNC(=O)Cn1cc(CC)nn1)[C@H]1CC(C)[C@@H](COP(=O)(O)OP(=O)(O)OP(=O)(O)O)O1. The Balaban J connectivity index is 1.78. The lowest BCUT2D eigenvalue weighted by Gasteiger charge is -2.22. The summed E-state index contributed by atoms with van der Waals surface area (Å²) in [4.78, 5) is 49.3. The first-order chi connectivity index (χ1) is 16.6. The maximum Gasteiger partial charge on any atom is 0.490 e. The van der Waals surface area contributed by atoms with Gasteiger partial charge in [0, 0.05) is 6.20 Å². The van der Waals surface area contributed by atoms with Crippen LogP contribution in [0.2, 0.25) is 0 Å². The summed E-state index contributed by atoms with van der Waals surface area (Å²) < 4.78 is 53.0. The molecule has 2 heterocycles. The van der Waals surface area contributed by atoms with Crippen LogP contribution in [0.1, 0.15) is 26.0 Å². The molecule has 1 aliphatic rings.